The van der Waals surface area contributed by atoms with E-state index in [2.05, 4.69) is 212 Å². The van der Waals surface area contributed by atoms with Gasteiger partial charge in [-0.25, -0.2) is 0 Å². The molecule has 2 heterocycles. The van der Waals surface area contributed by atoms with E-state index in [0.717, 1.165) is 67.2 Å². The van der Waals surface area contributed by atoms with Crippen LogP contribution in [0.2, 0.25) is 0 Å². The van der Waals surface area contributed by atoms with E-state index in [-0.39, 0.29) is 6.71 Å². The summed E-state index contributed by atoms with van der Waals surface area (Å²) in [6, 6.07) is 76.1. The fourth-order valence-corrected chi connectivity index (χ4v) is 9.65. The lowest BCUT2D eigenvalue weighted by Crippen LogP contribution is -2.57. The fraction of sp³-hybridized carbons (Fsp3) is 0. The van der Waals surface area contributed by atoms with Crippen molar-refractivity contribution < 1.29 is 9.47 Å². The summed E-state index contributed by atoms with van der Waals surface area (Å²) in [5.74, 6) is 3.43. The molecular formula is C56H35BO2. The number of benzene rings is 10. The highest BCUT2D eigenvalue weighted by atomic mass is 16.5. The molecule has 59 heavy (non-hydrogen) atoms. The predicted molar refractivity (Wildman–Crippen MR) is 246 cm³/mol. The maximum Gasteiger partial charge on any atom is 0.260 e. The smallest absolute Gasteiger partial charge is 0.260 e. The highest BCUT2D eigenvalue weighted by Gasteiger charge is 2.42. The first-order valence-electron chi connectivity index (χ1n) is 20.3. The molecular weight excluding hydrogens is 715 g/mol. The van der Waals surface area contributed by atoms with Gasteiger partial charge in [0.15, 0.2) is 0 Å². The van der Waals surface area contributed by atoms with E-state index in [1.165, 1.54) is 49.4 Å². The molecule has 0 aliphatic carbocycles. The van der Waals surface area contributed by atoms with Gasteiger partial charge < -0.3 is 9.47 Å². The van der Waals surface area contributed by atoms with Crippen molar-refractivity contribution in [1.82, 2.24) is 0 Å². The summed E-state index contributed by atoms with van der Waals surface area (Å²) >= 11 is 0. The Morgan fingerprint density at radius 2 is 0.746 bits per heavy atom. The van der Waals surface area contributed by atoms with Crippen molar-refractivity contribution >= 4 is 44.6 Å². The molecule has 0 aromatic heterocycles. The van der Waals surface area contributed by atoms with Crippen molar-refractivity contribution in [3.63, 3.8) is 0 Å². The van der Waals surface area contributed by atoms with Crippen LogP contribution in [0, 0.1) is 0 Å². The second-order valence-corrected chi connectivity index (χ2v) is 15.5. The van der Waals surface area contributed by atoms with Crippen LogP contribution in [-0.2, 0) is 0 Å². The normalized spacial score (nSPS) is 12.3. The van der Waals surface area contributed by atoms with Crippen molar-refractivity contribution in [3.05, 3.63) is 212 Å². The van der Waals surface area contributed by atoms with Gasteiger partial charge in [0.25, 0.3) is 6.71 Å². The Kier molecular flexibility index (Phi) is 7.67. The van der Waals surface area contributed by atoms with E-state index in [1.807, 2.05) is 0 Å². The Bertz CT molecular complexity index is 3150. The Balaban J connectivity index is 1.10. The van der Waals surface area contributed by atoms with Crippen LogP contribution in [-0.4, -0.2) is 6.71 Å². The third-order valence-electron chi connectivity index (χ3n) is 12.2. The van der Waals surface area contributed by atoms with Crippen molar-refractivity contribution in [2.45, 2.75) is 0 Å². The quantitative estimate of drug-likeness (QED) is 0.129. The van der Waals surface area contributed by atoms with E-state index in [4.69, 9.17) is 9.47 Å². The highest BCUT2D eigenvalue weighted by Crippen LogP contribution is 2.48. The number of ether oxygens (including phenoxy) is 2. The molecule has 0 atom stereocenters. The summed E-state index contributed by atoms with van der Waals surface area (Å²) < 4.78 is 14.1. The third-order valence-corrected chi connectivity index (χ3v) is 12.2. The van der Waals surface area contributed by atoms with Crippen LogP contribution >= 0.6 is 0 Å². The maximum atomic E-state index is 7.11. The number of rotatable bonds is 5. The summed E-state index contributed by atoms with van der Waals surface area (Å²) in [5.41, 5.74) is 14.9. The van der Waals surface area contributed by atoms with Crippen LogP contribution in [0.3, 0.4) is 0 Å². The summed E-state index contributed by atoms with van der Waals surface area (Å²) in [7, 11) is 0. The van der Waals surface area contributed by atoms with Crippen LogP contribution in [0.25, 0.3) is 77.2 Å². The van der Waals surface area contributed by atoms with Gasteiger partial charge in [0.2, 0.25) is 0 Å². The second kappa shape index (κ2) is 13.5. The first kappa shape index (κ1) is 33.5. The SMILES string of the molecule is c1ccc(-c2cc(-c3ccccc3)c3c4c2Oc2ccccc2B4c2cc(-c4ccccc4-c4c5ccccc5c(-c5ccccc5)c5ccccc45)ccc2O3)cc1. The van der Waals surface area contributed by atoms with Gasteiger partial charge in [-0.3, -0.25) is 0 Å². The first-order valence-corrected chi connectivity index (χ1v) is 20.3. The van der Waals surface area contributed by atoms with Crippen molar-refractivity contribution in [1.29, 1.82) is 0 Å². The van der Waals surface area contributed by atoms with E-state index in [1.54, 1.807) is 0 Å². The highest BCUT2D eigenvalue weighted by molar-refractivity contribution is 6.98. The molecule has 10 aromatic rings. The zero-order valence-electron chi connectivity index (χ0n) is 32.1. The molecule has 0 spiro atoms. The first-order chi connectivity index (χ1) is 29.3. The van der Waals surface area contributed by atoms with E-state index in [0.29, 0.717) is 0 Å². The molecule has 0 N–H and O–H groups in total. The van der Waals surface area contributed by atoms with Crippen LogP contribution in [0.4, 0.5) is 0 Å². The fourth-order valence-electron chi connectivity index (χ4n) is 9.65. The minimum Gasteiger partial charge on any atom is -0.458 e. The molecule has 3 heteroatoms. The topological polar surface area (TPSA) is 18.5 Å². The van der Waals surface area contributed by atoms with Crippen LogP contribution in [0.1, 0.15) is 0 Å². The maximum absolute atomic E-state index is 7.11. The molecule has 0 bridgehead atoms. The minimum absolute atomic E-state index is 0.112. The van der Waals surface area contributed by atoms with E-state index in [9.17, 15) is 0 Å². The molecule has 2 nitrogen and oxygen atoms in total. The lowest BCUT2D eigenvalue weighted by atomic mass is 9.34. The van der Waals surface area contributed by atoms with Gasteiger partial charge in [-0.15, -0.1) is 0 Å². The minimum atomic E-state index is -0.112. The lowest BCUT2D eigenvalue weighted by Gasteiger charge is -2.35. The molecule has 2 aliphatic heterocycles. The molecule has 12 rings (SSSR count). The van der Waals surface area contributed by atoms with Crippen molar-refractivity contribution in [3.8, 4) is 78.6 Å². The van der Waals surface area contributed by atoms with Gasteiger partial charge >= 0.3 is 0 Å². The van der Waals surface area contributed by atoms with Crippen LogP contribution in [0.5, 0.6) is 23.0 Å². The van der Waals surface area contributed by atoms with Gasteiger partial charge in [-0.1, -0.05) is 194 Å². The van der Waals surface area contributed by atoms with Gasteiger partial charge in [0.1, 0.15) is 23.0 Å². The largest absolute Gasteiger partial charge is 0.458 e. The monoisotopic (exact) mass is 750 g/mol. The van der Waals surface area contributed by atoms with Gasteiger partial charge in [0, 0.05) is 16.6 Å². The Morgan fingerprint density at radius 3 is 1.34 bits per heavy atom. The summed E-state index contributed by atoms with van der Waals surface area (Å²) in [5, 5.41) is 4.95. The van der Waals surface area contributed by atoms with Crippen LogP contribution in [0.15, 0.2) is 212 Å². The van der Waals surface area contributed by atoms with Gasteiger partial charge in [0.05, 0.1) is 0 Å². The second-order valence-electron chi connectivity index (χ2n) is 15.5. The Labute approximate surface area is 343 Å². The summed E-state index contributed by atoms with van der Waals surface area (Å²) in [4.78, 5) is 0. The molecule has 0 fully saturated rings. The van der Waals surface area contributed by atoms with Crippen molar-refractivity contribution in [2.75, 3.05) is 0 Å². The number of para-hydroxylation sites is 1. The molecule has 2 aliphatic rings. The molecule has 0 radical (unpaired) electrons. The van der Waals surface area contributed by atoms with Crippen molar-refractivity contribution in [2.24, 2.45) is 0 Å². The molecule has 0 amide bonds. The zero-order chi connectivity index (χ0) is 38.9. The van der Waals surface area contributed by atoms with E-state index >= 15 is 0 Å². The average Bonchev–Trinajstić information content (AvgIpc) is 3.31. The number of hydrogen-bond acceptors (Lipinski definition) is 2. The number of hydrogen-bond donors (Lipinski definition) is 0. The molecule has 10 aromatic carbocycles. The molecule has 0 saturated carbocycles. The molecule has 0 saturated heterocycles. The number of fused-ring (bicyclic) bond motifs is 6. The van der Waals surface area contributed by atoms with Crippen LogP contribution < -0.4 is 25.9 Å². The molecule has 0 unspecified atom stereocenters. The van der Waals surface area contributed by atoms with Gasteiger partial charge in [-0.2, -0.15) is 0 Å². The van der Waals surface area contributed by atoms with Gasteiger partial charge in [-0.05, 0) is 95.2 Å². The Morgan fingerprint density at radius 1 is 0.288 bits per heavy atom. The summed E-state index contributed by atoms with van der Waals surface area (Å²) in [6.07, 6.45) is 0. The summed E-state index contributed by atoms with van der Waals surface area (Å²) in [6.45, 7) is -0.112. The Hall–Kier alpha value is -7.62. The van der Waals surface area contributed by atoms with E-state index < -0.39 is 0 Å². The predicted octanol–water partition coefficient (Wildman–Crippen LogP) is 13.1. The zero-order valence-corrected chi connectivity index (χ0v) is 32.1. The average molecular weight is 751 g/mol. The standard InChI is InChI=1S/C56H35BO2/c1-4-18-36(19-5-1)46-35-47(37-20-6-2-7-21-37)56-54-55(46)58-50-31-17-16-30-48(50)57(54)49-34-39(32-33-51(49)59-56)40-24-10-11-25-41(40)53-44-28-14-12-26-42(44)52(38-22-8-3-9-23-38)43-27-13-15-29-45(43)53/h1-35H. The lowest BCUT2D eigenvalue weighted by molar-refractivity contribution is 0.467. The third kappa shape index (κ3) is 5.29. The molecule has 274 valence electrons.